The maximum atomic E-state index is 13.1. The van der Waals surface area contributed by atoms with E-state index >= 15 is 0 Å². The Morgan fingerprint density at radius 1 is 1.07 bits per heavy atom. The minimum absolute atomic E-state index is 0.156. The van der Waals surface area contributed by atoms with Crippen molar-refractivity contribution in [3.05, 3.63) is 81.3 Å². The van der Waals surface area contributed by atoms with Gasteiger partial charge >= 0.3 is 0 Å². The summed E-state index contributed by atoms with van der Waals surface area (Å²) in [4.78, 5) is 30.5. The summed E-state index contributed by atoms with van der Waals surface area (Å²) in [6, 6.07) is 15.0. The third-order valence-corrected chi connectivity index (χ3v) is 5.04. The van der Waals surface area contributed by atoms with Crippen LogP contribution in [0.25, 0.3) is 11.4 Å². The highest BCUT2D eigenvalue weighted by atomic mass is 16.3. The summed E-state index contributed by atoms with van der Waals surface area (Å²) < 4.78 is 1.38. The van der Waals surface area contributed by atoms with Crippen molar-refractivity contribution >= 4 is 11.6 Å². The number of carbonyl (C=O) groups is 1. The van der Waals surface area contributed by atoms with Gasteiger partial charge in [0.2, 0.25) is 5.91 Å². The lowest BCUT2D eigenvalue weighted by atomic mass is 10.1. The Kier molecular flexibility index (Phi) is 6.24. The quantitative estimate of drug-likeness (QED) is 0.677. The van der Waals surface area contributed by atoms with Crippen molar-refractivity contribution in [1.82, 2.24) is 9.55 Å². The molecule has 0 fully saturated rings. The van der Waals surface area contributed by atoms with Gasteiger partial charge in [-0.25, -0.2) is 4.98 Å². The second-order valence-corrected chi connectivity index (χ2v) is 7.03. The monoisotopic (exact) mass is 391 g/mol. The molecule has 0 aliphatic carbocycles. The van der Waals surface area contributed by atoms with Crippen LogP contribution in [0.15, 0.2) is 53.3 Å². The number of rotatable bonds is 6. The number of aromatic nitrogens is 2. The van der Waals surface area contributed by atoms with Crippen molar-refractivity contribution < 1.29 is 9.90 Å². The molecular weight excluding hydrogens is 366 g/mol. The third kappa shape index (κ3) is 4.43. The van der Waals surface area contributed by atoms with Gasteiger partial charge in [-0.2, -0.15) is 0 Å². The van der Waals surface area contributed by atoms with Crippen molar-refractivity contribution in [3.63, 3.8) is 0 Å². The predicted octanol–water partition coefficient (Wildman–Crippen LogP) is 3.01. The molecule has 0 aliphatic heterocycles. The van der Waals surface area contributed by atoms with Crippen molar-refractivity contribution in [2.45, 2.75) is 33.7 Å². The van der Waals surface area contributed by atoms with Crippen LogP contribution in [0.5, 0.6) is 0 Å². The molecule has 0 bridgehead atoms. The fourth-order valence-electron chi connectivity index (χ4n) is 3.27. The van der Waals surface area contributed by atoms with E-state index in [0.717, 1.165) is 22.4 Å². The van der Waals surface area contributed by atoms with Crippen molar-refractivity contribution in [3.8, 4) is 11.4 Å². The van der Waals surface area contributed by atoms with E-state index in [-0.39, 0.29) is 31.0 Å². The molecule has 0 spiro atoms. The lowest BCUT2D eigenvalue weighted by Crippen LogP contribution is -2.33. The number of nitrogens with zero attached hydrogens (tertiary/aromatic N) is 2. The molecule has 1 amide bonds. The molecule has 2 aromatic carbocycles. The van der Waals surface area contributed by atoms with E-state index in [4.69, 9.17) is 0 Å². The van der Waals surface area contributed by atoms with Gasteiger partial charge in [-0.3, -0.25) is 14.2 Å². The number of aryl methyl sites for hydroxylation is 2. The first-order chi connectivity index (χ1) is 13.9. The molecule has 2 N–H and O–H groups in total. The van der Waals surface area contributed by atoms with Crippen LogP contribution in [0, 0.1) is 20.8 Å². The maximum Gasteiger partial charge on any atom is 0.257 e. The molecule has 1 aromatic heterocycles. The summed E-state index contributed by atoms with van der Waals surface area (Å²) in [5.41, 5.74) is 4.22. The number of anilines is 1. The van der Waals surface area contributed by atoms with Crippen LogP contribution >= 0.6 is 0 Å². The first-order valence-corrected chi connectivity index (χ1v) is 9.55. The Morgan fingerprint density at radius 2 is 1.79 bits per heavy atom. The average molecular weight is 391 g/mol. The zero-order valence-corrected chi connectivity index (χ0v) is 16.9. The Balaban J connectivity index is 2.02. The first-order valence-electron chi connectivity index (χ1n) is 9.55. The van der Waals surface area contributed by atoms with E-state index in [1.54, 1.807) is 6.92 Å². The van der Waals surface area contributed by atoms with Crippen LogP contribution in [0.1, 0.15) is 22.4 Å². The van der Waals surface area contributed by atoms with Gasteiger partial charge in [0.25, 0.3) is 5.56 Å². The number of hydrogen-bond acceptors (Lipinski definition) is 4. The number of hydrogen-bond donors (Lipinski definition) is 2. The number of amides is 1. The SMILES string of the molecule is Cc1cccc(NC(=O)Cn2c(-c3ccccc3)nc(C)c(CCO)c2=O)c1C. The number of aliphatic hydroxyl groups is 1. The van der Waals surface area contributed by atoms with E-state index in [1.165, 1.54) is 4.57 Å². The fraction of sp³-hybridized carbons (Fsp3) is 0.261. The molecule has 6 nitrogen and oxygen atoms in total. The van der Waals surface area contributed by atoms with E-state index in [0.29, 0.717) is 17.1 Å². The van der Waals surface area contributed by atoms with Gasteiger partial charge in [-0.05, 0) is 38.0 Å². The van der Waals surface area contributed by atoms with Crippen molar-refractivity contribution in [1.29, 1.82) is 0 Å². The normalized spacial score (nSPS) is 10.8. The van der Waals surface area contributed by atoms with E-state index in [2.05, 4.69) is 10.3 Å². The van der Waals surface area contributed by atoms with Crippen LogP contribution < -0.4 is 10.9 Å². The summed E-state index contributed by atoms with van der Waals surface area (Å²) in [5.74, 6) is 0.129. The minimum Gasteiger partial charge on any atom is -0.396 e. The van der Waals surface area contributed by atoms with Gasteiger partial charge < -0.3 is 10.4 Å². The first kappa shape index (κ1) is 20.5. The van der Waals surface area contributed by atoms with Crippen LogP contribution in [-0.2, 0) is 17.8 Å². The third-order valence-electron chi connectivity index (χ3n) is 5.04. The number of nitrogens with one attached hydrogen (secondary N) is 1. The van der Waals surface area contributed by atoms with E-state index < -0.39 is 0 Å². The second kappa shape index (κ2) is 8.84. The van der Waals surface area contributed by atoms with Gasteiger partial charge in [0.15, 0.2) is 0 Å². The molecule has 3 aromatic rings. The highest BCUT2D eigenvalue weighted by Crippen LogP contribution is 2.20. The van der Waals surface area contributed by atoms with Crippen molar-refractivity contribution in [2.24, 2.45) is 0 Å². The Bertz CT molecular complexity index is 1090. The van der Waals surface area contributed by atoms with Gasteiger partial charge in [-0.1, -0.05) is 42.5 Å². The summed E-state index contributed by atoms with van der Waals surface area (Å²) in [6.45, 7) is 5.35. The van der Waals surface area contributed by atoms with Crippen LogP contribution in [0.3, 0.4) is 0 Å². The van der Waals surface area contributed by atoms with E-state index in [1.807, 2.05) is 62.4 Å². The molecule has 0 saturated heterocycles. The molecule has 0 radical (unpaired) electrons. The smallest absolute Gasteiger partial charge is 0.257 e. The van der Waals surface area contributed by atoms with Crippen LogP contribution in [0.2, 0.25) is 0 Å². The van der Waals surface area contributed by atoms with Crippen molar-refractivity contribution in [2.75, 3.05) is 11.9 Å². The largest absolute Gasteiger partial charge is 0.396 e. The van der Waals surface area contributed by atoms with Gasteiger partial charge in [-0.15, -0.1) is 0 Å². The maximum absolute atomic E-state index is 13.1. The highest BCUT2D eigenvalue weighted by Gasteiger charge is 2.18. The topological polar surface area (TPSA) is 84.2 Å². The summed E-state index contributed by atoms with van der Waals surface area (Å²) >= 11 is 0. The average Bonchev–Trinajstić information content (AvgIpc) is 2.71. The zero-order chi connectivity index (χ0) is 21.0. The Labute approximate surface area is 169 Å². The standard InChI is InChI=1S/C23H25N3O3/c1-15-8-7-11-20(16(15)2)25-21(28)14-26-22(18-9-5-4-6-10-18)24-17(3)19(12-13-27)23(26)29/h4-11,27H,12-14H2,1-3H3,(H,25,28). The predicted molar refractivity (Wildman–Crippen MR) is 114 cm³/mol. The Hall–Kier alpha value is -3.25. The number of carbonyl (C=O) groups excluding carboxylic acids is 1. The molecule has 0 saturated carbocycles. The molecule has 3 rings (SSSR count). The zero-order valence-electron chi connectivity index (χ0n) is 16.9. The number of benzene rings is 2. The summed E-state index contributed by atoms with van der Waals surface area (Å²) in [6.07, 6.45) is 0.200. The lowest BCUT2D eigenvalue weighted by molar-refractivity contribution is -0.116. The lowest BCUT2D eigenvalue weighted by Gasteiger charge is -2.16. The van der Waals surface area contributed by atoms with Gasteiger partial charge in [0.1, 0.15) is 12.4 Å². The highest BCUT2D eigenvalue weighted by molar-refractivity contribution is 5.91. The minimum atomic E-state index is -0.307. The molecule has 0 aliphatic rings. The molecule has 1 heterocycles. The molecule has 150 valence electrons. The molecule has 0 atom stereocenters. The number of aliphatic hydroxyl groups excluding tert-OH is 1. The molecule has 6 heteroatoms. The van der Waals surface area contributed by atoms with Crippen LogP contribution in [0.4, 0.5) is 5.69 Å². The second-order valence-electron chi connectivity index (χ2n) is 7.03. The van der Waals surface area contributed by atoms with Gasteiger partial charge in [0, 0.05) is 35.5 Å². The fourth-order valence-corrected chi connectivity index (χ4v) is 3.27. The molecule has 29 heavy (non-hydrogen) atoms. The van der Waals surface area contributed by atoms with Crippen LogP contribution in [-0.4, -0.2) is 27.2 Å². The molecular formula is C23H25N3O3. The van der Waals surface area contributed by atoms with E-state index in [9.17, 15) is 14.7 Å². The Morgan fingerprint density at radius 3 is 2.48 bits per heavy atom. The summed E-state index contributed by atoms with van der Waals surface area (Å²) in [7, 11) is 0. The molecule has 0 unspecified atom stereocenters. The van der Waals surface area contributed by atoms with Gasteiger partial charge in [0.05, 0.1) is 0 Å². The summed E-state index contributed by atoms with van der Waals surface area (Å²) in [5, 5.41) is 12.2.